The van der Waals surface area contributed by atoms with Gasteiger partial charge in [0.2, 0.25) is 0 Å². The van der Waals surface area contributed by atoms with E-state index in [1.54, 1.807) is 0 Å². The molecule has 28 heavy (non-hydrogen) atoms. The number of carboxylic acids is 2. The van der Waals surface area contributed by atoms with Crippen LogP contribution in [0.25, 0.3) is 0 Å². The number of hydrogen-bond donors (Lipinski definition) is 5. The van der Waals surface area contributed by atoms with Crippen molar-refractivity contribution >= 4 is 50.3 Å². The molecule has 0 amide bonds. The van der Waals surface area contributed by atoms with Gasteiger partial charge in [0.1, 0.15) is 6.04 Å². The molecule has 164 valence electrons. The van der Waals surface area contributed by atoms with Crippen molar-refractivity contribution in [3.8, 4) is 0 Å². The topological polar surface area (TPSA) is 175 Å². The van der Waals surface area contributed by atoms with E-state index in [9.17, 15) is 9.59 Å². The van der Waals surface area contributed by atoms with Crippen molar-refractivity contribution < 1.29 is 37.3 Å². The summed E-state index contributed by atoms with van der Waals surface area (Å²) in [5, 5.41) is 16.3. The van der Waals surface area contributed by atoms with Gasteiger partial charge < -0.3 is 15.9 Å². The molecule has 0 spiro atoms. The van der Waals surface area contributed by atoms with Gasteiger partial charge in [-0.05, 0) is 6.42 Å². The summed E-state index contributed by atoms with van der Waals surface area (Å²) in [5.74, 6) is -2.20. The van der Waals surface area contributed by atoms with Crippen LogP contribution in [0, 0.1) is 0 Å². The van der Waals surface area contributed by atoms with Crippen molar-refractivity contribution in [3.05, 3.63) is 0 Å². The van der Waals surface area contributed by atoms with E-state index in [0.717, 1.165) is 0 Å². The molecule has 1 atom stereocenters. The average Bonchev–Trinajstić information content (AvgIpc) is 2.57. The van der Waals surface area contributed by atoms with E-state index in [0.29, 0.717) is 0 Å². The van der Waals surface area contributed by atoms with Gasteiger partial charge in [-0.1, -0.05) is 0 Å². The van der Waals surface area contributed by atoms with Crippen molar-refractivity contribution in [1.82, 2.24) is 0 Å². The SMILES string of the molecule is CCCCCCCCCCC[CH2][Na].NC(CCC(=O)O)C(=O)O.O=S(=O)(O)O. The van der Waals surface area contributed by atoms with E-state index in [1.807, 2.05) is 0 Å². The Labute approximate surface area is 186 Å². The Morgan fingerprint density at radius 1 is 0.893 bits per heavy atom. The second-order valence-corrected chi connectivity index (χ2v) is 8.40. The van der Waals surface area contributed by atoms with Crippen LogP contribution < -0.4 is 5.73 Å². The Kier molecular flexibility index (Phi) is 26.7. The van der Waals surface area contributed by atoms with Crippen LogP contribution in [0.4, 0.5) is 0 Å². The predicted molar refractivity (Wildman–Crippen MR) is 109 cm³/mol. The van der Waals surface area contributed by atoms with Gasteiger partial charge in [0, 0.05) is 6.42 Å². The maximum Gasteiger partial charge on any atom is 0.394 e. The van der Waals surface area contributed by atoms with E-state index in [2.05, 4.69) is 6.92 Å². The molecule has 0 aliphatic carbocycles. The molecule has 0 rings (SSSR count). The number of carboxylic acid groups (broad SMARTS) is 2. The van der Waals surface area contributed by atoms with E-state index >= 15 is 0 Å². The van der Waals surface area contributed by atoms with Crippen molar-refractivity contribution in [2.75, 3.05) is 0 Å². The molecule has 0 radical (unpaired) electrons. The minimum atomic E-state index is -4.67. The molecule has 11 heteroatoms. The Balaban J connectivity index is -0.000000368. The Morgan fingerprint density at radius 2 is 1.25 bits per heavy atom. The van der Waals surface area contributed by atoms with E-state index in [1.165, 1.54) is 95.8 Å². The summed E-state index contributed by atoms with van der Waals surface area (Å²) in [5.41, 5.74) is 5.00. The normalized spacial score (nSPS) is 11.5. The number of rotatable bonds is 14. The monoisotopic (exact) mass is 437 g/mol. The van der Waals surface area contributed by atoms with Crippen LogP contribution in [-0.4, -0.2) is 73.6 Å². The summed E-state index contributed by atoms with van der Waals surface area (Å²) >= 11 is 1.41. The van der Waals surface area contributed by atoms with Crippen LogP contribution in [-0.2, 0) is 20.0 Å². The molecule has 0 aromatic heterocycles. The first kappa shape index (κ1) is 32.4. The first-order valence-electron chi connectivity index (χ1n) is 9.85. The second kappa shape index (κ2) is 23.1. The Hall–Kier alpha value is -0.230. The fourth-order valence-electron chi connectivity index (χ4n) is 2.14. The zero-order valence-electron chi connectivity index (χ0n) is 17.2. The summed E-state index contributed by atoms with van der Waals surface area (Å²) in [4.78, 5) is 19.9. The molecule has 0 aliphatic heterocycles. The maximum atomic E-state index is 9.99. The quantitative estimate of drug-likeness (QED) is 0.155. The summed E-state index contributed by atoms with van der Waals surface area (Å²) < 4.78 is 33.1. The van der Waals surface area contributed by atoms with Gasteiger partial charge in [0.15, 0.2) is 0 Å². The number of nitrogens with two attached hydrogens (primary N) is 1. The fraction of sp³-hybridized carbons (Fsp3) is 0.882. The molecule has 0 aliphatic rings. The molecule has 0 fully saturated rings. The standard InChI is InChI=1S/C12H25.C5H9NO4.Na.H2O4S/c1-3-5-7-9-11-12-10-8-6-4-2;6-3(5(9)10)1-2-4(7)8;;1-5(2,3)4/h1,3-12H2,2H3;3H,1-2,6H2,(H,7,8)(H,9,10);;(H2,1,2,3,4). The predicted octanol–water partition coefficient (Wildman–Crippen LogP) is 3.10. The Bertz CT molecular complexity index is 456. The third-order valence-corrected chi connectivity index (χ3v) is 4.40. The van der Waals surface area contributed by atoms with Gasteiger partial charge in [-0.2, -0.15) is 8.42 Å². The van der Waals surface area contributed by atoms with Gasteiger partial charge in [-0.3, -0.25) is 18.7 Å². The minimum Gasteiger partial charge on any atom is -0.481 e. The van der Waals surface area contributed by atoms with Crippen molar-refractivity contribution in [2.45, 2.75) is 93.7 Å². The third kappa shape index (κ3) is 44.9. The molecule has 0 saturated heterocycles. The van der Waals surface area contributed by atoms with E-state index in [-0.39, 0.29) is 12.8 Å². The van der Waals surface area contributed by atoms with Crippen LogP contribution in [0.5, 0.6) is 0 Å². The summed E-state index contributed by atoms with van der Waals surface area (Å²) in [6.07, 6.45) is 14.5. The smallest absolute Gasteiger partial charge is 0.394 e. The molecule has 0 bridgehead atoms. The largest absolute Gasteiger partial charge is 0.481 e. The fourth-order valence-corrected chi connectivity index (χ4v) is 2.64. The van der Waals surface area contributed by atoms with Crippen molar-refractivity contribution in [1.29, 1.82) is 0 Å². The average molecular weight is 438 g/mol. The van der Waals surface area contributed by atoms with Gasteiger partial charge >= 0.3 is 125 Å². The number of unbranched alkanes of at least 4 members (excludes halogenated alkanes) is 9. The molecule has 0 heterocycles. The van der Waals surface area contributed by atoms with Crippen LogP contribution in [0.2, 0.25) is 3.67 Å². The molecule has 0 aromatic rings. The van der Waals surface area contributed by atoms with Crippen LogP contribution in [0.15, 0.2) is 0 Å². The number of carbonyl (C=O) groups is 2. The summed E-state index contributed by atoms with van der Waals surface area (Å²) in [7, 11) is -4.67. The zero-order valence-corrected chi connectivity index (χ0v) is 20.0. The van der Waals surface area contributed by atoms with Crippen LogP contribution in [0.3, 0.4) is 0 Å². The van der Waals surface area contributed by atoms with Crippen molar-refractivity contribution in [3.63, 3.8) is 0 Å². The van der Waals surface area contributed by atoms with Gasteiger partial charge in [-0.25, -0.2) is 0 Å². The molecule has 6 N–H and O–H groups in total. The van der Waals surface area contributed by atoms with Gasteiger partial charge in [0.25, 0.3) is 0 Å². The maximum absolute atomic E-state index is 9.99. The first-order valence-corrected chi connectivity index (χ1v) is 12.7. The molecule has 0 saturated carbocycles. The molecular formula is C17H36NNaO8S. The molecular weight excluding hydrogens is 401 g/mol. The molecule has 1 unspecified atom stereocenters. The molecule has 9 nitrogen and oxygen atoms in total. The first-order chi connectivity index (χ1) is 13.0. The zero-order chi connectivity index (χ0) is 22.4. The number of hydrogen-bond acceptors (Lipinski definition) is 5. The van der Waals surface area contributed by atoms with E-state index < -0.39 is 28.4 Å². The minimum absolute atomic E-state index is 0.0231. The third-order valence-electron chi connectivity index (χ3n) is 3.69. The van der Waals surface area contributed by atoms with Crippen molar-refractivity contribution in [2.24, 2.45) is 5.73 Å². The Morgan fingerprint density at radius 3 is 1.54 bits per heavy atom. The summed E-state index contributed by atoms with van der Waals surface area (Å²) in [6.45, 7) is 2.29. The van der Waals surface area contributed by atoms with E-state index in [4.69, 9.17) is 33.5 Å². The van der Waals surface area contributed by atoms with Gasteiger partial charge in [-0.15, -0.1) is 0 Å². The molecule has 0 aromatic carbocycles. The van der Waals surface area contributed by atoms with Crippen LogP contribution >= 0.6 is 0 Å². The van der Waals surface area contributed by atoms with Gasteiger partial charge in [0.05, 0.1) is 0 Å². The van der Waals surface area contributed by atoms with Crippen LogP contribution in [0.1, 0.15) is 84.0 Å². The second-order valence-electron chi connectivity index (χ2n) is 6.51. The number of aliphatic carboxylic acids is 2. The summed E-state index contributed by atoms with van der Waals surface area (Å²) in [6, 6.07) is -1.06.